The van der Waals surface area contributed by atoms with Crippen LogP contribution in [0.15, 0.2) is 11.5 Å². The maximum absolute atomic E-state index is 6.19. The Bertz CT molecular complexity index is 441. The van der Waals surface area contributed by atoms with E-state index < -0.39 is 0 Å². The molecule has 1 atom stereocenters. The van der Waals surface area contributed by atoms with Crippen molar-refractivity contribution in [3.63, 3.8) is 0 Å². The molecule has 2 fully saturated rings. The third-order valence-corrected chi connectivity index (χ3v) is 6.09. The van der Waals surface area contributed by atoms with Crippen LogP contribution in [0.4, 0.5) is 0 Å². The molecule has 0 saturated carbocycles. The van der Waals surface area contributed by atoms with E-state index in [0.29, 0.717) is 0 Å². The van der Waals surface area contributed by atoms with E-state index in [9.17, 15) is 0 Å². The monoisotopic (exact) mass is 307 g/mol. The molecule has 0 spiro atoms. The van der Waals surface area contributed by atoms with Crippen molar-refractivity contribution in [3.05, 3.63) is 11.5 Å². The molecule has 0 aromatic carbocycles. The van der Waals surface area contributed by atoms with Gasteiger partial charge in [-0.05, 0) is 59.4 Å². The minimum atomic E-state index is -0.247. The van der Waals surface area contributed by atoms with Gasteiger partial charge in [0.25, 0.3) is 0 Å². The van der Waals surface area contributed by atoms with Crippen LogP contribution in [-0.2, 0) is 14.0 Å². The average molecular weight is 307 g/mol. The number of nitrogens with zero attached hydrogens (tertiary/aromatic N) is 1. The zero-order valence-electron chi connectivity index (χ0n) is 14.8. The Hall–Kier alpha value is -0.355. The highest BCUT2D eigenvalue weighted by Crippen LogP contribution is 2.42. The first-order valence-electron chi connectivity index (χ1n) is 8.61. The Labute approximate surface area is 135 Å². The zero-order valence-corrected chi connectivity index (χ0v) is 14.8. The Morgan fingerprint density at radius 3 is 2.09 bits per heavy atom. The van der Waals surface area contributed by atoms with Crippen molar-refractivity contribution in [3.8, 4) is 0 Å². The van der Waals surface area contributed by atoms with Crippen LogP contribution in [0.25, 0.3) is 0 Å². The van der Waals surface area contributed by atoms with Gasteiger partial charge >= 0.3 is 7.12 Å². The van der Waals surface area contributed by atoms with Crippen molar-refractivity contribution in [1.29, 1.82) is 0 Å². The molecule has 0 N–H and O–H groups in total. The van der Waals surface area contributed by atoms with Crippen molar-refractivity contribution in [2.75, 3.05) is 26.3 Å². The summed E-state index contributed by atoms with van der Waals surface area (Å²) in [6.45, 7) is 14.7. The number of hydrogen-bond acceptors (Lipinski definition) is 4. The van der Waals surface area contributed by atoms with Gasteiger partial charge in [-0.3, -0.25) is 4.90 Å². The van der Waals surface area contributed by atoms with E-state index in [4.69, 9.17) is 14.0 Å². The third kappa shape index (κ3) is 2.89. The molecule has 22 heavy (non-hydrogen) atoms. The molecule has 2 heterocycles. The third-order valence-electron chi connectivity index (χ3n) is 6.09. The van der Waals surface area contributed by atoms with Crippen LogP contribution in [0, 0.1) is 0 Å². The predicted octanol–water partition coefficient (Wildman–Crippen LogP) is 2.82. The molecule has 2 aliphatic heterocycles. The van der Waals surface area contributed by atoms with Crippen molar-refractivity contribution in [2.24, 2.45) is 0 Å². The maximum atomic E-state index is 6.19. The fraction of sp³-hybridized carbons (Fsp3) is 0.882. The van der Waals surface area contributed by atoms with Gasteiger partial charge in [-0.15, -0.1) is 0 Å². The maximum Gasteiger partial charge on any atom is 0.490 e. The molecule has 0 amide bonds. The Kier molecular flexibility index (Phi) is 4.22. The van der Waals surface area contributed by atoms with Crippen LogP contribution in [0.1, 0.15) is 53.9 Å². The number of hydrogen-bond donors (Lipinski definition) is 0. The normalized spacial score (nSPS) is 35.5. The van der Waals surface area contributed by atoms with E-state index in [1.165, 1.54) is 11.9 Å². The molecule has 5 heteroatoms. The number of morpholine rings is 1. The van der Waals surface area contributed by atoms with E-state index >= 15 is 0 Å². The summed E-state index contributed by atoms with van der Waals surface area (Å²) in [5, 5.41) is 0. The summed E-state index contributed by atoms with van der Waals surface area (Å²) in [4.78, 5) is 2.59. The largest absolute Gasteiger partial charge is 0.490 e. The minimum absolute atomic E-state index is 0.167. The Morgan fingerprint density at radius 1 is 1.00 bits per heavy atom. The van der Waals surface area contributed by atoms with Crippen molar-refractivity contribution in [1.82, 2.24) is 4.90 Å². The quantitative estimate of drug-likeness (QED) is 0.734. The van der Waals surface area contributed by atoms with Crippen molar-refractivity contribution < 1.29 is 14.0 Å². The predicted molar refractivity (Wildman–Crippen MR) is 88.8 cm³/mol. The smallest absolute Gasteiger partial charge is 0.400 e. The number of allylic oxidation sites excluding steroid dienone is 1. The lowest BCUT2D eigenvalue weighted by Crippen LogP contribution is -2.52. The first kappa shape index (κ1) is 16.5. The standard InChI is InChI=1S/C17H30BNO3/c1-15(2)16(3,4)22-18(21-15)14-6-8-17(5,9-7-14)19-10-12-20-13-11-19/h6H,7-13H2,1-5H3. The van der Waals surface area contributed by atoms with Gasteiger partial charge in [0.1, 0.15) is 0 Å². The Morgan fingerprint density at radius 2 is 1.59 bits per heavy atom. The highest BCUT2D eigenvalue weighted by atomic mass is 16.7. The molecule has 0 aromatic rings. The molecule has 0 bridgehead atoms. The van der Waals surface area contributed by atoms with E-state index in [1.807, 2.05) is 0 Å². The van der Waals surface area contributed by atoms with Crippen LogP contribution in [0.5, 0.6) is 0 Å². The molecule has 1 unspecified atom stereocenters. The lowest BCUT2D eigenvalue weighted by atomic mass is 9.68. The lowest BCUT2D eigenvalue weighted by molar-refractivity contribution is -0.0198. The van der Waals surface area contributed by atoms with E-state index in [1.54, 1.807) is 0 Å². The van der Waals surface area contributed by atoms with Gasteiger partial charge in [-0.2, -0.15) is 0 Å². The molecule has 2 saturated heterocycles. The molecule has 124 valence electrons. The summed E-state index contributed by atoms with van der Waals surface area (Å²) in [5.41, 5.74) is 1.09. The van der Waals surface area contributed by atoms with E-state index in [0.717, 1.165) is 39.1 Å². The second kappa shape index (κ2) is 5.62. The minimum Gasteiger partial charge on any atom is -0.400 e. The zero-order chi connectivity index (χ0) is 16.0. The second-order valence-corrected chi connectivity index (χ2v) is 8.17. The van der Waals surface area contributed by atoms with Gasteiger partial charge in [0.05, 0.1) is 24.4 Å². The SMILES string of the molecule is CC1(N2CCOCC2)CC=C(B2OC(C)(C)C(C)(C)O2)CC1. The van der Waals surface area contributed by atoms with Gasteiger partial charge in [-0.25, -0.2) is 0 Å². The molecular weight excluding hydrogens is 277 g/mol. The fourth-order valence-electron chi connectivity index (χ4n) is 3.57. The molecule has 3 rings (SSSR count). The summed E-state index contributed by atoms with van der Waals surface area (Å²) < 4.78 is 17.9. The van der Waals surface area contributed by atoms with Gasteiger partial charge < -0.3 is 14.0 Å². The molecular formula is C17H30BNO3. The molecule has 0 radical (unpaired) electrons. The van der Waals surface area contributed by atoms with Gasteiger partial charge in [0, 0.05) is 18.6 Å². The van der Waals surface area contributed by atoms with E-state index in [-0.39, 0.29) is 23.9 Å². The van der Waals surface area contributed by atoms with Crippen LogP contribution in [0.3, 0.4) is 0 Å². The topological polar surface area (TPSA) is 30.9 Å². The molecule has 4 nitrogen and oxygen atoms in total. The Balaban J connectivity index is 1.67. The van der Waals surface area contributed by atoms with Crippen molar-refractivity contribution in [2.45, 2.75) is 70.6 Å². The van der Waals surface area contributed by atoms with Gasteiger partial charge in [0.15, 0.2) is 0 Å². The summed E-state index contributed by atoms with van der Waals surface area (Å²) in [6, 6.07) is 0. The van der Waals surface area contributed by atoms with Crippen LogP contribution < -0.4 is 0 Å². The lowest BCUT2D eigenvalue weighted by Gasteiger charge is -2.45. The number of rotatable bonds is 2. The van der Waals surface area contributed by atoms with Crippen LogP contribution in [-0.4, -0.2) is 55.1 Å². The molecule has 3 aliphatic rings. The first-order valence-corrected chi connectivity index (χ1v) is 8.61. The summed E-state index contributed by atoms with van der Waals surface area (Å²) >= 11 is 0. The summed E-state index contributed by atoms with van der Waals surface area (Å²) in [5.74, 6) is 0. The van der Waals surface area contributed by atoms with E-state index in [2.05, 4.69) is 45.6 Å². The molecule has 1 aliphatic carbocycles. The van der Waals surface area contributed by atoms with Gasteiger partial charge in [-0.1, -0.05) is 6.08 Å². The number of ether oxygens (including phenoxy) is 1. The highest BCUT2D eigenvalue weighted by Gasteiger charge is 2.52. The van der Waals surface area contributed by atoms with Crippen LogP contribution >= 0.6 is 0 Å². The summed E-state index contributed by atoms with van der Waals surface area (Å²) in [6.07, 6.45) is 5.67. The van der Waals surface area contributed by atoms with Crippen molar-refractivity contribution >= 4 is 7.12 Å². The van der Waals surface area contributed by atoms with Crippen LogP contribution in [0.2, 0.25) is 0 Å². The fourth-order valence-corrected chi connectivity index (χ4v) is 3.57. The average Bonchev–Trinajstić information content (AvgIpc) is 2.69. The summed E-state index contributed by atoms with van der Waals surface area (Å²) in [7, 11) is -0.167. The molecule has 0 aromatic heterocycles. The highest BCUT2D eigenvalue weighted by molar-refractivity contribution is 6.54. The van der Waals surface area contributed by atoms with Gasteiger partial charge in [0.2, 0.25) is 0 Å². The second-order valence-electron chi connectivity index (χ2n) is 8.17. The first-order chi connectivity index (χ1) is 10.2.